The average Bonchev–Trinajstić information content (AvgIpc) is 2.61. The van der Waals surface area contributed by atoms with E-state index in [0.717, 1.165) is 24.4 Å². The second-order valence-electron chi connectivity index (χ2n) is 6.27. The van der Waals surface area contributed by atoms with E-state index < -0.39 is 0 Å². The molecule has 3 nitrogen and oxygen atoms in total. The summed E-state index contributed by atoms with van der Waals surface area (Å²) in [4.78, 5) is 2.47. The maximum absolute atomic E-state index is 8.98. The van der Waals surface area contributed by atoms with Gasteiger partial charge in [0.25, 0.3) is 0 Å². The molecule has 1 rings (SSSR count). The first-order chi connectivity index (χ1) is 11.7. The Bertz CT molecular complexity index is 547. The number of hydrogen-bond donors (Lipinski definition) is 0. The molecule has 0 bridgehead atoms. The molecule has 0 amide bonds. The zero-order valence-corrected chi connectivity index (χ0v) is 15.8. The number of allylic oxidation sites excluding steroid dienone is 1. The molecule has 0 saturated carbocycles. The number of ether oxygens (including phenoxy) is 1. The summed E-state index contributed by atoms with van der Waals surface area (Å²) in [5.41, 5.74) is 2.86. The highest BCUT2D eigenvalue weighted by atomic mass is 16.5. The molecule has 0 radical (unpaired) electrons. The standard InChI is InChI=1S/C21H32N2O/c1-5-7-9-13-23(14-10-8-6-2)20-12-11-19(15-18(3)17-22)21(16-20)24-4/h11-12,15-16H,5-10,13-14H2,1-4H3/b18-15-. The van der Waals surface area contributed by atoms with Crippen LogP contribution < -0.4 is 9.64 Å². The van der Waals surface area contributed by atoms with Gasteiger partial charge in [-0.1, -0.05) is 39.5 Å². The Labute approximate surface area is 147 Å². The van der Waals surface area contributed by atoms with Crippen LogP contribution in [0.5, 0.6) is 5.75 Å². The highest BCUT2D eigenvalue weighted by Crippen LogP contribution is 2.28. The molecular weight excluding hydrogens is 296 g/mol. The number of nitriles is 1. The fraction of sp³-hybridized carbons (Fsp3) is 0.571. The number of methoxy groups -OCH3 is 1. The number of nitrogens with zero attached hydrogens (tertiary/aromatic N) is 2. The molecule has 0 atom stereocenters. The number of unbranched alkanes of at least 4 members (excludes halogenated alkanes) is 4. The second-order valence-corrected chi connectivity index (χ2v) is 6.27. The van der Waals surface area contributed by atoms with Crippen LogP contribution in [0.25, 0.3) is 6.08 Å². The van der Waals surface area contributed by atoms with E-state index in [9.17, 15) is 0 Å². The first-order valence-corrected chi connectivity index (χ1v) is 9.17. The van der Waals surface area contributed by atoms with E-state index in [-0.39, 0.29) is 0 Å². The molecule has 3 heteroatoms. The van der Waals surface area contributed by atoms with Gasteiger partial charge in [0, 0.05) is 36.0 Å². The van der Waals surface area contributed by atoms with Crippen molar-refractivity contribution in [1.82, 2.24) is 0 Å². The van der Waals surface area contributed by atoms with Crippen LogP contribution in [0.1, 0.15) is 64.9 Å². The van der Waals surface area contributed by atoms with Gasteiger partial charge in [0.2, 0.25) is 0 Å². The maximum Gasteiger partial charge on any atom is 0.128 e. The predicted octanol–water partition coefficient (Wildman–Crippen LogP) is 5.81. The van der Waals surface area contributed by atoms with Crippen molar-refractivity contribution in [3.63, 3.8) is 0 Å². The number of anilines is 1. The lowest BCUT2D eigenvalue weighted by molar-refractivity contribution is 0.413. The Balaban J connectivity index is 2.97. The lowest BCUT2D eigenvalue weighted by Gasteiger charge is -2.26. The smallest absolute Gasteiger partial charge is 0.128 e. The molecule has 1 aromatic carbocycles. The minimum Gasteiger partial charge on any atom is -0.496 e. The SMILES string of the molecule is CCCCCN(CCCCC)c1ccc(/C=C(/C)C#N)c(OC)c1. The van der Waals surface area contributed by atoms with Crippen molar-refractivity contribution in [2.24, 2.45) is 0 Å². The Morgan fingerprint density at radius 3 is 2.25 bits per heavy atom. The van der Waals surface area contributed by atoms with Gasteiger partial charge in [-0.3, -0.25) is 0 Å². The van der Waals surface area contributed by atoms with E-state index in [1.165, 1.54) is 44.2 Å². The van der Waals surface area contributed by atoms with Crippen molar-refractivity contribution in [1.29, 1.82) is 5.26 Å². The summed E-state index contributed by atoms with van der Waals surface area (Å²) in [6.07, 6.45) is 9.33. The fourth-order valence-electron chi connectivity index (χ4n) is 2.76. The molecule has 0 N–H and O–H groups in total. The van der Waals surface area contributed by atoms with E-state index in [1.54, 1.807) is 7.11 Å². The van der Waals surface area contributed by atoms with Gasteiger partial charge in [0.1, 0.15) is 5.75 Å². The van der Waals surface area contributed by atoms with Gasteiger partial charge in [-0.05, 0) is 38.0 Å². The van der Waals surface area contributed by atoms with Gasteiger partial charge in [-0.25, -0.2) is 0 Å². The van der Waals surface area contributed by atoms with E-state index in [1.807, 2.05) is 13.0 Å². The van der Waals surface area contributed by atoms with Crippen molar-refractivity contribution in [3.8, 4) is 11.8 Å². The van der Waals surface area contributed by atoms with Crippen molar-refractivity contribution in [2.75, 3.05) is 25.1 Å². The topological polar surface area (TPSA) is 36.3 Å². The van der Waals surface area contributed by atoms with Crippen molar-refractivity contribution in [2.45, 2.75) is 59.3 Å². The highest BCUT2D eigenvalue weighted by Gasteiger charge is 2.10. The lowest BCUT2D eigenvalue weighted by Crippen LogP contribution is -2.25. The van der Waals surface area contributed by atoms with E-state index in [0.29, 0.717) is 5.57 Å². The Morgan fingerprint density at radius 2 is 1.75 bits per heavy atom. The van der Waals surface area contributed by atoms with E-state index in [4.69, 9.17) is 10.00 Å². The lowest BCUT2D eigenvalue weighted by atomic mass is 10.1. The normalized spacial score (nSPS) is 11.2. The minimum atomic E-state index is 0.684. The van der Waals surface area contributed by atoms with Crippen LogP contribution in [0.4, 0.5) is 5.69 Å². The molecule has 0 fully saturated rings. The monoisotopic (exact) mass is 328 g/mol. The molecule has 0 saturated heterocycles. The molecule has 1 aromatic rings. The zero-order valence-electron chi connectivity index (χ0n) is 15.8. The first kappa shape index (κ1) is 20.1. The molecule has 132 valence electrons. The Morgan fingerprint density at radius 1 is 1.12 bits per heavy atom. The average molecular weight is 329 g/mol. The first-order valence-electron chi connectivity index (χ1n) is 9.17. The molecule has 24 heavy (non-hydrogen) atoms. The molecule has 0 aliphatic rings. The predicted molar refractivity (Wildman–Crippen MR) is 104 cm³/mol. The molecule has 0 spiro atoms. The third-order valence-electron chi connectivity index (χ3n) is 4.19. The van der Waals surface area contributed by atoms with Gasteiger partial charge >= 0.3 is 0 Å². The minimum absolute atomic E-state index is 0.684. The Hall–Kier alpha value is -1.95. The fourth-order valence-corrected chi connectivity index (χ4v) is 2.76. The van der Waals surface area contributed by atoms with E-state index >= 15 is 0 Å². The zero-order chi connectivity index (χ0) is 17.8. The summed E-state index contributed by atoms with van der Waals surface area (Å²) < 4.78 is 5.55. The summed E-state index contributed by atoms with van der Waals surface area (Å²) in [6.45, 7) is 8.47. The van der Waals surface area contributed by atoms with Crippen LogP contribution in [0.3, 0.4) is 0 Å². The number of hydrogen-bond acceptors (Lipinski definition) is 3. The summed E-state index contributed by atoms with van der Waals surface area (Å²) in [5.74, 6) is 0.832. The summed E-state index contributed by atoms with van der Waals surface area (Å²) in [6, 6.07) is 8.48. The third kappa shape index (κ3) is 6.66. The molecule has 0 unspecified atom stereocenters. The van der Waals surface area contributed by atoms with E-state index in [2.05, 4.69) is 43.0 Å². The third-order valence-corrected chi connectivity index (χ3v) is 4.19. The van der Waals surface area contributed by atoms with Gasteiger partial charge in [0.15, 0.2) is 0 Å². The van der Waals surface area contributed by atoms with Gasteiger partial charge in [-0.15, -0.1) is 0 Å². The summed E-state index contributed by atoms with van der Waals surface area (Å²) in [7, 11) is 1.69. The largest absolute Gasteiger partial charge is 0.496 e. The van der Waals surface area contributed by atoms with Crippen molar-refractivity contribution < 1.29 is 4.74 Å². The van der Waals surface area contributed by atoms with Crippen LogP contribution in [-0.4, -0.2) is 20.2 Å². The highest BCUT2D eigenvalue weighted by molar-refractivity contribution is 5.66. The van der Waals surface area contributed by atoms with Crippen molar-refractivity contribution >= 4 is 11.8 Å². The van der Waals surface area contributed by atoms with Gasteiger partial charge in [0.05, 0.1) is 13.2 Å². The summed E-state index contributed by atoms with van der Waals surface area (Å²) in [5, 5.41) is 8.98. The number of benzene rings is 1. The molecule has 0 aliphatic heterocycles. The summed E-state index contributed by atoms with van der Waals surface area (Å²) >= 11 is 0. The van der Waals surface area contributed by atoms with Gasteiger partial charge < -0.3 is 9.64 Å². The Kier molecular flexibility index (Phi) is 9.68. The van der Waals surface area contributed by atoms with Crippen LogP contribution in [0.15, 0.2) is 23.8 Å². The second kappa shape index (κ2) is 11.6. The maximum atomic E-state index is 8.98. The quantitative estimate of drug-likeness (QED) is 0.380. The van der Waals surface area contributed by atoms with Crippen molar-refractivity contribution in [3.05, 3.63) is 29.3 Å². The molecule has 0 aliphatic carbocycles. The van der Waals surface area contributed by atoms with Crippen LogP contribution in [-0.2, 0) is 0 Å². The van der Waals surface area contributed by atoms with Crippen LogP contribution in [0, 0.1) is 11.3 Å². The molecule has 0 heterocycles. The van der Waals surface area contributed by atoms with Crippen LogP contribution in [0.2, 0.25) is 0 Å². The molecular formula is C21H32N2O. The molecule has 0 aromatic heterocycles. The number of rotatable bonds is 11. The van der Waals surface area contributed by atoms with Gasteiger partial charge in [-0.2, -0.15) is 5.26 Å². The van der Waals surface area contributed by atoms with Crippen LogP contribution >= 0.6 is 0 Å².